The number of ether oxygens (including phenoxy) is 1. The average Bonchev–Trinajstić information content (AvgIpc) is 2.68. The number of rotatable bonds is 5. The number of hydrogen-bond acceptors (Lipinski definition) is 3. The smallest absolute Gasteiger partial charge is 0.343 e. The molecule has 27 heavy (non-hydrogen) atoms. The lowest BCUT2D eigenvalue weighted by Crippen LogP contribution is -2.09. The summed E-state index contributed by atoms with van der Waals surface area (Å²) in [6.45, 7) is 1.96. The van der Waals surface area contributed by atoms with E-state index in [0.717, 1.165) is 10.0 Å². The number of halogens is 1. The van der Waals surface area contributed by atoms with Crippen LogP contribution in [0, 0.1) is 6.92 Å². The lowest BCUT2D eigenvalue weighted by Gasteiger charge is -2.07. The zero-order valence-corrected chi connectivity index (χ0v) is 16.3. The average molecular weight is 421 g/mol. The van der Waals surface area contributed by atoms with Crippen molar-refractivity contribution in [1.82, 2.24) is 0 Å². The van der Waals surface area contributed by atoms with Crippen molar-refractivity contribution in [1.29, 1.82) is 0 Å². The van der Waals surface area contributed by atoms with Gasteiger partial charge in [-0.3, -0.25) is 4.79 Å². The maximum Gasteiger partial charge on any atom is 0.343 e. The van der Waals surface area contributed by atoms with Gasteiger partial charge < -0.3 is 4.74 Å². The summed E-state index contributed by atoms with van der Waals surface area (Å²) in [4.78, 5) is 24.7. The maximum absolute atomic E-state index is 12.4. The second kappa shape index (κ2) is 8.60. The van der Waals surface area contributed by atoms with Crippen molar-refractivity contribution in [2.24, 2.45) is 0 Å². The van der Waals surface area contributed by atoms with Gasteiger partial charge in [0.2, 0.25) is 0 Å². The first-order valence-corrected chi connectivity index (χ1v) is 9.18. The van der Waals surface area contributed by atoms with Crippen molar-refractivity contribution in [3.8, 4) is 5.75 Å². The van der Waals surface area contributed by atoms with Crippen LogP contribution in [-0.2, 0) is 0 Å². The Morgan fingerprint density at radius 2 is 1.48 bits per heavy atom. The van der Waals surface area contributed by atoms with Gasteiger partial charge in [0, 0.05) is 15.6 Å². The van der Waals surface area contributed by atoms with Crippen LogP contribution >= 0.6 is 15.9 Å². The van der Waals surface area contributed by atoms with Crippen molar-refractivity contribution < 1.29 is 14.3 Å². The molecule has 0 amide bonds. The number of benzene rings is 3. The third-order valence-electron chi connectivity index (χ3n) is 3.95. The summed E-state index contributed by atoms with van der Waals surface area (Å²) >= 11 is 3.35. The molecule has 0 atom stereocenters. The first kappa shape index (κ1) is 18.8. The highest BCUT2D eigenvalue weighted by molar-refractivity contribution is 9.10. The molecule has 4 heteroatoms. The minimum atomic E-state index is -0.435. The third-order valence-corrected chi connectivity index (χ3v) is 4.48. The summed E-state index contributed by atoms with van der Waals surface area (Å²) in [6, 6.07) is 21.4. The Labute approximate surface area is 166 Å². The fourth-order valence-electron chi connectivity index (χ4n) is 2.44. The topological polar surface area (TPSA) is 43.4 Å². The quantitative estimate of drug-likeness (QED) is 0.224. The summed E-state index contributed by atoms with van der Waals surface area (Å²) in [7, 11) is 0. The monoisotopic (exact) mass is 420 g/mol. The van der Waals surface area contributed by atoms with Crippen LogP contribution in [0.1, 0.15) is 31.8 Å². The van der Waals surface area contributed by atoms with E-state index in [1.165, 1.54) is 6.08 Å². The summed E-state index contributed by atoms with van der Waals surface area (Å²) in [5.74, 6) is -0.153. The molecule has 3 aromatic carbocycles. The predicted molar refractivity (Wildman–Crippen MR) is 110 cm³/mol. The standard InChI is InChI=1S/C23H17BrO3/c1-16-6-8-19(9-7-16)23(26)27-22-5-3-2-4-18(22)12-15-21(25)17-10-13-20(24)14-11-17/h2-15H,1H3/b15-12+. The molecule has 0 unspecified atom stereocenters. The molecule has 3 aromatic rings. The van der Waals surface area contributed by atoms with Crippen molar-refractivity contribution in [3.63, 3.8) is 0 Å². The molecule has 134 valence electrons. The lowest BCUT2D eigenvalue weighted by molar-refractivity contribution is 0.0734. The first-order valence-electron chi connectivity index (χ1n) is 8.39. The van der Waals surface area contributed by atoms with E-state index >= 15 is 0 Å². The Hall–Kier alpha value is -2.98. The third kappa shape index (κ3) is 5.02. The van der Waals surface area contributed by atoms with Crippen LogP contribution in [0.4, 0.5) is 0 Å². The number of para-hydroxylation sites is 1. The van der Waals surface area contributed by atoms with Crippen LogP contribution in [0.2, 0.25) is 0 Å². The van der Waals surface area contributed by atoms with Crippen molar-refractivity contribution >= 4 is 33.8 Å². The number of ketones is 1. The zero-order chi connectivity index (χ0) is 19.2. The Balaban J connectivity index is 1.77. The van der Waals surface area contributed by atoms with E-state index in [9.17, 15) is 9.59 Å². The number of carbonyl (C=O) groups is 2. The van der Waals surface area contributed by atoms with E-state index in [0.29, 0.717) is 22.4 Å². The zero-order valence-electron chi connectivity index (χ0n) is 14.7. The molecule has 0 saturated carbocycles. The van der Waals surface area contributed by atoms with Gasteiger partial charge in [-0.05, 0) is 61.5 Å². The van der Waals surface area contributed by atoms with Gasteiger partial charge in [0.1, 0.15) is 5.75 Å². The van der Waals surface area contributed by atoms with E-state index in [2.05, 4.69) is 15.9 Å². The molecule has 0 heterocycles. The molecule has 3 nitrogen and oxygen atoms in total. The molecule has 0 saturated heterocycles. The molecular weight excluding hydrogens is 404 g/mol. The van der Waals surface area contributed by atoms with Gasteiger partial charge in [-0.15, -0.1) is 0 Å². The fraction of sp³-hybridized carbons (Fsp3) is 0.0435. The van der Waals surface area contributed by atoms with Gasteiger partial charge in [0.25, 0.3) is 0 Å². The van der Waals surface area contributed by atoms with Gasteiger partial charge in [-0.2, -0.15) is 0 Å². The molecule has 0 fully saturated rings. The molecule has 0 bridgehead atoms. The second-order valence-corrected chi connectivity index (χ2v) is 6.91. The van der Waals surface area contributed by atoms with Crippen molar-refractivity contribution in [2.75, 3.05) is 0 Å². The van der Waals surface area contributed by atoms with Gasteiger partial charge in [0.05, 0.1) is 5.56 Å². The second-order valence-electron chi connectivity index (χ2n) is 6.00. The predicted octanol–water partition coefficient (Wildman–Crippen LogP) is 5.87. The molecule has 0 radical (unpaired) electrons. The minimum absolute atomic E-state index is 0.123. The number of hydrogen-bond donors (Lipinski definition) is 0. The molecule has 0 spiro atoms. The fourth-order valence-corrected chi connectivity index (χ4v) is 2.70. The Morgan fingerprint density at radius 1 is 0.852 bits per heavy atom. The van der Waals surface area contributed by atoms with Crippen LogP contribution in [0.5, 0.6) is 5.75 Å². The van der Waals surface area contributed by atoms with Crippen LogP contribution in [0.25, 0.3) is 6.08 Å². The van der Waals surface area contributed by atoms with Crippen LogP contribution < -0.4 is 4.74 Å². The number of carbonyl (C=O) groups excluding carboxylic acids is 2. The normalized spacial score (nSPS) is 10.7. The van der Waals surface area contributed by atoms with E-state index in [4.69, 9.17) is 4.74 Å². The maximum atomic E-state index is 12.4. The first-order chi connectivity index (χ1) is 13.0. The molecule has 0 N–H and O–H groups in total. The molecule has 3 rings (SSSR count). The van der Waals surface area contributed by atoms with E-state index in [-0.39, 0.29) is 5.78 Å². The van der Waals surface area contributed by atoms with Gasteiger partial charge in [0.15, 0.2) is 5.78 Å². The largest absolute Gasteiger partial charge is 0.422 e. The highest BCUT2D eigenvalue weighted by atomic mass is 79.9. The van der Waals surface area contributed by atoms with Crippen LogP contribution in [0.3, 0.4) is 0 Å². The summed E-state index contributed by atoms with van der Waals surface area (Å²) in [5, 5.41) is 0. The highest BCUT2D eigenvalue weighted by Gasteiger charge is 2.10. The van der Waals surface area contributed by atoms with Gasteiger partial charge in [-0.25, -0.2) is 4.79 Å². The SMILES string of the molecule is Cc1ccc(C(=O)Oc2ccccc2/C=C/C(=O)c2ccc(Br)cc2)cc1. The van der Waals surface area contributed by atoms with Gasteiger partial charge in [-0.1, -0.05) is 51.8 Å². The summed E-state index contributed by atoms with van der Waals surface area (Å²) in [6.07, 6.45) is 3.13. The molecule has 0 aliphatic heterocycles. The minimum Gasteiger partial charge on any atom is -0.422 e. The number of esters is 1. The lowest BCUT2D eigenvalue weighted by atomic mass is 10.1. The number of allylic oxidation sites excluding steroid dienone is 1. The van der Waals surface area contributed by atoms with Gasteiger partial charge >= 0.3 is 5.97 Å². The molecule has 0 aliphatic carbocycles. The molecule has 0 aromatic heterocycles. The molecule has 0 aliphatic rings. The van der Waals surface area contributed by atoms with Crippen molar-refractivity contribution in [3.05, 3.63) is 106 Å². The summed E-state index contributed by atoms with van der Waals surface area (Å²) in [5.41, 5.74) is 2.79. The van der Waals surface area contributed by atoms with Crippen molar-refractivity contribution in [2.45, 2.75) is 6.92 Å². The highest BCUT2D eigenvalue weighted by Crippen LogP contribution is 2.21. The number of aryl methyl sites for hydroxylation is 1. The van der Waals surface area contributed by atoms with Crippen LogP contribution in [-0.4, -0.2) is 11.8 Å². The Kier molecular flexibility index (Phi) is 5.99. The van der Waals surface area contributed by atoms with E-state index < -0.39 is 5.97 Å². The van der Waals surface area contributed by atoms with E-state index in [1.54, 1.807) is 48.5 Å². The Bertz CT molecular complexity index is 987. The molecular formula is C23H17BrO3. The summed E-state index contributed by atoms with van der Waals surface area (Å²) < 4.78 is 6.43. The van der Waals surface area contributed by atoms with E-state index in [1.807, 2.05) is 37.3 Å². The van der Waals surface area contributed by atoms with Crippen LogP contribution in [0.15, 0.2) is 83.3 Å². The Morgan fingerprint density at radius 3 is 2.19 bits per heavy atom.